The Labute approximate surface area is 192 Å². The fourth-order valence-electron chi connectivity index (χ4n) is 3.16. The highest BCUT2D eigenvalue weighted by atomic mass is 32.2. The van der Waals surface area contributed by atoms with E-state index < -0.39 is 16.1 Å². The van der Waals surface area contributed by atoms with Gasteiger partial charge in [0, 0.05) is 36.5 Å². The summed E-state index contributed by atoms with van der Waals surface area (Å²) in [4.78, 5) is 17.0. The van der Waals surface area contributed by atoms with Gasteiger partial charge in [0.1, 0.15) is 10.8 Å². The third-order valence-corrected chi connectivity index (χ3v) is 7.51. The van der Waals surface area contributed by atoms with Gasteiger partial charge in [-0.05, 0) is 35.6 Å². The Balaban J connectivity index is 1.93. The van der Waals surface area contributed by atoms with Gasteiger partial charge in [-0.25, -0.2) is 22.9 Å². The second-order valence-electron chi connectivity index (χ2n) is 7.68. The zero-order chi connectivity index (χ0) is 23.1. The van der Waals surface area contributed by atoms with Crippen molar-refractivity contribution >= 4 is 27.5 Å². The Morgan fingerprint density at radius 3 is 2.75 bits per heavy atom. The fraction of sp³-hybridized carbons (Fsp3) is 0.364. The predicted molar refractivity (Wildman–Crippen MR) is 123 cm³/mol. The summed E-state index contributed by atoms with van der Waals surface area (Å²) >= 11 is 1.17. The van der Waals surface area contributed by atoms with Crippen molar-refractivity contribution in [3.8, 4) is 11.1 Å². The highest BCUT2D eigenvalue weighted by molar-refractivity contribution is 7.92. The predicted octanol–water partition coefficient (Wildman–Crippen LogP) is 3.92. The molecule has 32 heavy (non-hydrogen) atoms. The van der Waals surface area contributed by atoms with Crippen LogP contribution in [0.3, 0.4) is 0 Å². The van der Waals surface area contributed by atoms with E-state index in [2.05, 4.69) is 18.8 Å². The Morgan fingerprint density at radius 1 is 1.25 bits per heavy atom. The quantitative estimate of drug-likeness (QED) is 0.444. The van der Waals surface area contributed by atoms with E-state index in [4.69, 9.17) is 9.47 Å². The number of ether oxygens (including phenoxy) is 2. The average molecular weight is 478 g/mol. The van der Waals surface area contributed by atoms with Gasteiger partial charge in [-0.1, -0.05) is 32.0 Å². The molecule has 0 unspecified atom stereocenters. The number of hydrogen-bond acceptors (Lipinski definition) is 7. The average Bonchev–Trinajstić information content (AvgIpc) is 3.38. The van der Waals surface area contributed by atoms with Crippen LogP contribution in [0.1, 0.15) is 24.3 Å². The van der Waals surface area contributed by atoms with Crippen LogP contribution >= 0.6 is 11.3 Å². The molecule has 2 heterocycles. The molecule has 172 valence electrons. The summed E-state index contributed by atoms with van der Waals surface area (Å²) in [6, 6.07) is 9.59. The van der Waals surface area contributed by atoms with Crippen LogP contribution in [0, 0.1) is 5.92 Å². The van der Waals surface area contributed by atoms with Crippen molar-refractivity contribution in [3.05, 3.63) is 59.5 Å². The van der Waals surface area contributed by atoms with Crippen LogP contribution < -0.4 is 4.72 Å². The number of benzene rings is 1. The normalized spacial score (nSPS) is 11.6. The highest BCUT2D eigenvalue weighted by Gasteiger charge is 2.26. The Morgan fingerprint density at radius 2 is 2.06 bits per heavy atom. The summed E-state index contributed by atoms with van der Waals surface area (Å²) < 4.78 is 39.9. The first kappa shape index (κ1) is 24.0. The minimum Gasteiger partial charge on any atom is -0.446 e. The van der Waals surface area contributed by atoms with E-state index in [1.807, 2.05) is 45.8 Å². The second-order valence-corrected chi connectivity index (χ2v) is 10.7. The van der Waals surface area contributed by atoms with Crippen LogP contribution in [-0.4, -0.2) is 44.4 Å². The molecule has 1 aromatic carbocycles. The summed E-state index contributed by atoms with van der Waals surface area (Å²) in [5.41, 5.74) is 2.34. The molecule has 3 aromatic rings. The SMILES string of the molecule is COCCOC(=O)NS(=O)(=O)c1sc(CC(C)C)cc1-c1cccc(Cn2ccnc2)c1. The van der Waals surface area contributed by atoms with Crippen LogP contribution in [-0.2, 0) is 32.5 Å². The Kier molecular flexibility index (Phi) is 8.05. The van der Waals surface area contributed by atoms with E-state index in [1.165, 1.54) is 18.4 Å². The maximum absolute atomic E-state index is 13.1. The van der Waals surface area contributed by atoms with Crippen molar-refractivity contribution < 1.29 is 22.7 Å². The number of aromatic nitrogens is 2. The lowest BCUT2D eigenvalue weighted by Gasteiger charge is -2.10. The molecule has 10 heteroatoms. The minimum atomic E-state index is -4.12. The zero-order valence-corrected chi connectivity index (χ0v) is 19.9. The van der Waals surface area contributed by atoms with Gasteiger partial charge in [0.05, 0.1) is 12.9 Å². The van der Waals surface area contributed by atoms with Gasteiger partial charge in [-0.3, -0.25) is 0 Å². The molecule has 8 nitrogen and oxygen atoms in total. The number of imidazole rings is 1. The summed E-state index contributed by atoms with van der Waals surface area (Å²) in [5.74, 6) is 0.358. The van der Waals surface area contributed by atoms with Crippen LogP contribution in [0.15, 0.2) is 53.3 Å². The number of nitrogens with zero attached hydrogens (tertiary/aromatic N) is 2. The van der Waals surface area contributed by atoms with Crippen molar-refractivity contribution in [2.75, 3.05) is 20.3 Å². The first-order valence-electron chi connectivity index (χ1n) is 10.1. The first-order valence-corrected chi connectivity index (χ1v) is 12.4. The molecule has 2 aromatic heterocycles. The van der Waals surface area contributed by atoms with E-state index in [9.17, 15) is 13.2 Å². The highest BCUT2D eigenvalue weighted by Crippen LogP contribution is 2.36. The molecule has 0 saturated heterocycles. The number of carbonyl (C=O) groups excluding carboxylic acids is 1. The third-order valence-electron chi connectivity index (χ3n) is 4.50. The number of hydrogen-bond donors (Lipinski definition) is 1. The summed E-state index contributed by atoms with van der Waals surface area (Å²) in [7, 11) is -2.65. The topological polar surface area (TPSA) is 99.5 Å². The van der Waals surface area contributed by atoms with Crippen molar-refractivity contribution in [3.63, 3.8) is 0 Å². The van der Waals surface area contributed by atoms with Gasteiger partial charge in [-0.2, -0.15) is 0 Å². The van der Waals surface area contributed by atoms with Gasteiger partial charge in [0.25, 0.3) is 10.0 Å². The first-order chi connectivity index (χ1) is 15.3. The smallest absolute Gasteiger partial charge is 0.421 e. The van der Waals surface area contributed by atoms with Crippen molar-refractivity contribution in [2.45, 2.75) is 31.0 Å². The van der Waals surface area contributed by atoms with E-state index in [0.29, 0.717) is 18.0 Å². The lowest BCUT2D eigenvalue weighted by Crippen LogP contribution is -2.31. The largest absolute Gasteiger partial charge is 0.446 e. The number of thiophene rings is 1. The molecule has 1 amide bonds. The molecule has 0 aliphatic heterocycles. The Bertz CT molecular complexity index is 1140. The second kappa shape index (κ2) is 10.8. The lowest BCUT2D eigenvalue weighted by atomic mass is 10.0. The van der Waals surface area contributed by atoms with Gasteiger partial charge >= 0.3 is 6.09 Å². The van der Waals surface area contributed by atoms with E-state index in [1.54, 1.807) is 12.5 Å². The zero-order valence-electron chi connectivity index (χ0n) is 18.3. The molecule has 3 rings (SSSR count). The number of sulfonamides is 1. The molecular formula is C22H27N3O5S2. The molecule has 1 N–H and O–H groups in total. The minimum absolute atomic E-state index is 0.0377. The van der Waals surface area contributed by atoms with Crippen LogP contribution in [0.2, 0.25) is 0 Å². The molecule has 0 bridgehead atoms. The molecule has 0 radical (unpaired) electrons. The summed E-state index contributed by atoms with van der Waals surface area (Å²) in [6.07, 6.45) is 5.02. The molecule has 0 atom stereocenters. The number of rotatable bonds is 10. The van der Waals surface area contributed by atoms with Gasteiger partial charge in [-0.15, -0.1) is 11.3 Å². The molecule has 0 aliphatic carbocycles. The van der Waals surface area contributed by atoms with Gasteiger partial charge in [0.15, 0.2) is 0 Å². The summed E-state index contributed by atoms with van der Waals surface area (Å²) in [6.45, 7) is 4.91. The van der Waals surface area contributed by atoms with Gasteiger partial charge < -0.3 is 14.0 Å². The number of carbonyl (C=O) groups is 1. The summed E-state index contributed by atoms with van der Waals surface area (Å²) in [5, 5.41) is 0. The third kappa shape index (κ3) is 6.41. The van der Waals surface area contributed by atoms with Crippen LogP contribution in [0.5, 0.6) is 0 Å². The molecule has 0 saturated carbocycles. The molecule has 0 aliphatic rings. The van der Waals surface area contributed by atoms with E-state index in [0.717, 1.165) is 22.4 Å². The number of methoxy groups -OCH3 is 1. The maximum atomic E-state index is 13.1. The standard InChI is InChI=1S/C22H27N3O5S2/c1-16(2)11-19-13-20(18-6-4-5-17(12-18)14-25-8-7-23-15-25)21(31-19)32(27,28)24-22(26)30-10-9-29-3/h4-8,12-13,15-16H,9-11,14H2,1-3H3,(H,24,26). The molecular weight excluding hydrogens is 450 g/mol. The maximum Gasteiger partial charge on any atom is 0.421 e. The number of nitrogens with one attached hydrogen (secondary N) is 1. The van der Waals surface area contributed by atoms with Crippen molar-refractivity contribution in [1.29, 1.82) is 0 Å². The van der Waals surface area contributed by atoms with Gasteiger partial charge in [0.2, 0.25) is 0 Å². The van der Waals surface area contributed by atoms with Crippen LogP contribution in [0.25, 0.3) is 11.1 Å². The van der Waals surface area contributed by atoms with Crippen molar-refractivity contribution in [2.24, 2.45) is 5.92 Å². The monoisotopic (exact) mass is 477 g/mol. The number of amides is 1. The Hall–Kier alpha value is -2.69. The van der Waals surface area contributed by atoms with E-state index in [-0.39, 0.29) is 17.4 Å². The molecule has 0 spiro atoms. The van der Waals surface area contributed by atoms with E-state index >= 15 is 0 Å². The fourth-order valence-corrected chi connectivity index (χ4v) is 6.00. The lowest BCUT2D eigenvalue weighted by molar-refractivity contribution is 0.102. The van der Waals surface area contributed by atoms with Crippen LogP contribution in [0.4, 0.5) is 4.79 Å². The van der Waals surface area contributed by atoms with Crippen molar-refractivity contribution in [1.82, 2.24) is 14.3 Å². The molecule has 0 fully saturated rings.